The molecule has 2 rings (SSSR count). The van der Waals surface area contributed by atoms with Gasteiger partial charge in [0.05, 0.1) is 17.6 Å². The fourth-order valence-corrected chi connectivity index (χ4v) is 2.12. The quantitative estimate of drug-likeness (QED) is 0.806. The van der Waals surface area contributed by atoms with Gasteiger partial charge in [-0.3, -0.25) is 4.98 Å². The number of benzene rings is 1. The molecule has 0 aliphatic heterocycles. The predicted molar refractivity (Wildman–Crippen MR) is 68.1 cm³/mol. The maximum Gasteiger partial charge on any atom is 0.144 e. The minimum absolute atomic E-state index is 0.0709. The standard InChI is InChI=1S/C12H12N2O2S/c13-12-7-14-6-5-11(12)10-3-1-9(2-4-10)8-17(15)16/h1-7,17H,8,13H2. The van der Waals surface area contributed by atoms with Gasteiger partial charge in [0.15, 0.2) is 0 Å². The van der Waals surface area contributed by atoms with E-state index >= 15 is 0 Å². The highest BCUT2D eigenvalue weighted by Gasteiger charge is 2.02. The maximum atomic E-state index is 10.6. The molecule has 0 spiro atoms. The summed E-state index contributed by atoms with van der Waals surface area (Å²) in [6.07, 6.45) is 3.27. The number of thiol groups is 1. The van der Waals surface area contributed by atoms with E-state index < -0.39 is 10.7 Å². The van der Waals surface area contributed by atoms with Crippen LogP contribution >= 0.6 is 0 Å². The monoisotopic (exact) mass is 248 g/mol. The molecule has 0 radical (unpaired) electrons. The molecule has 1 heterocycles. The molecule has 0 saturated carbocycles. The molecule has 0 atom stereocenters. The second-order valence-electron chi connectivity index (χ2n) is 3.65. The van der Waals surface area contributed by atoms with Crippen LogP contribution in [0.5, 0.6) is 0 Å². The van der Waals surface area contributed by atoms with Crippen LogP contribution in [0.4, 0.5) is 5.69 Å². The molecule has 5 heteroatoms. The van der Waals surface area contributed by atoms with E-state index in [0.717, 1.165) is 16.7 Å². The molecule has 0 aliphatic rings. The first kappa shape index (κ1) is 11.6. The lowest BCUT2D eigenvalue weighted by atomic mass is 10.0. The van der Waals surface area contributed by atoms with Crippen LogP contribution < -0.4 is 5.73 Å². The largest absolute Gasteiger partial charge is 0.397 e. The summed E-state index contributed by atoms with van der Waals surface area (Å²) in [6.45, 7) is 0. The topological polar surface area (TPSA) is 73.0 Å². The van der Waals surface area contributed by atoms with E-state index in [1.54, 1.807) is 24.5 Å². The molecule has 0 unspecified atom stereocenters. The van der Waals surface area contributed by atoms with Gasteiger partial charge in [-0.1, -0.05) is 24.3 Å². The third-order valence-electron chi connectivity index (χ3n) is 2.43. The van der Waals surface area contributed by atoms with Gasteiger partial charge in [-0.05, 0) is 17.2 Å². The minimum Gasteiger partial charge on any atom is -0.397 e. The SMILES string of the molecule is Nc1cnccc1-c1ccc(C[SH](=O)=O)cc1. The predicted octanol–water partition coefficient (Wildman–Crippen LogP) is 1.44. The van der Waals surface area contributed by atoms with Gasteiger partial charge in [-0.2, -0.15) is 0 Å². The van der Waals surface area contributed by atoms with Crippen molar-refractivity contribution in [1.29, 1.82) is 0 Å². The second kappa shape index (κ2) is 4.97. The molecule has 17 heavy (non-hydrogen) atoms. The number of anilines is 1. The Morgan fingerprint density at radius 3 is 2.41 bits per heavy atom. The van der Waals surface area contributed by atoms with Crippen molar-refractivity contribution < 1.29 is 8.42 Å². The summed E-state index contributed by atoms with van der Waals surface area (Å²) in [7, 11) is -2.38. The number of nitrogens with zero attached hydrogens (tertiary/aromatic N) is 1. The molecule has 2 N–H and O–H groups in total. The average molecular weight is 248 g/mol. The highest BCUT2D eigenvalue weighted by atomic mass is 32.2. The van der Waals surface area contributed by atoms with Crippen molar-refractivity contribution in [1.82, 2.24) is 4.98 Å². The lowest BCUT2D eigenvalue weighted by Gasteiger charge is -2.05. The number of aromatic nitrogens is 1. The first-order valence-corrected chi connectivity index (χ1v) is 6.43. The molecule has 0 saturated heterocycles. The molecule has 0 fully saturated rings. The fraction of sp³-hybridized carbons (Fsp3) is 0.0833. The zero-order valence-electron chi connectivity index (χ0n) is 9.04. The smallest absolute Gasteiger partial charge is 0.144 e. The lowest BCUT2D eigenvalue weighted by Crippen LogP contribution is -1.91. The molecule has 0 bridgehead atoms. The van der Waals surface area contributed by atoms with E-state index in [-0.39, 0.29) is 5.75 Å². The molecular weight excluding hydrogens is 236 g/mol. The zero-order valence-corrected chi connectivity index (χ0v) is 9.93. The third kappa shape index (κ3) is 2.82. The zero-order chi connectivity index (χ0) is 12.3. The summed E-state index contributed by atoms with van der Waals surface area (Å²) < 4.78 is 21.2. The van der Waals surface area contributed by atoms with E-state index in [1.807, 2.05) is 18.2 Å². The number of hydrogen-bond acceptors (Lipinski definition) is 4. The first-order chi connectivity index (χ1) is 8.16. The normalized spacial score (nSPS) is 10.6. The number of hydrogen-bond donors (Lipinski definition) is 2. The molecule has 2 aromatic rings. The summed E-state index contributed by atoms with van der Waals surface area (Å²) >= 11 is 0. The van der Waals surface area contributed by atoms with Gasteiger partial charge in [0.1, 0.15) is 10.7 Å². The van der Waals surface area contributed by atoms with Crippen LogP contribution in [0.3, 0.4) is 0 Å². The lowest BCUT2D eigenvalue weighted by molar-refractivity contribution is 0.614. The molecular formula is C12H12N2O2S. The molecule has 1 aromatic heterocycles. The maximum absolute atomic E-state index is 10.6. The average Bonchev–Trinajstić information content (AvgIpc) is 2.30. The number of rotatable bonds is 3. The summed E-state index contributed by atoms with van der Waals surface area (Å²) in [4.78, 5) is 3.92. The Labute approximate surface area is 101 Å². The van der Waals surface area contributed by atoms with Gasteiger partial charge in [-0.25, -0.2) is 8.42 Å². The van der Waals surface area contributed by atoms with E-state index in [1.165, 1.54) is 0 Å². The van der Waals surface area contributed by atoms with Gasteiger partial charge in [0, 0.05) is 11.8 Å². The summed E-state index contributed by atoms with van der Waals surface area (Å²) in [5, 5.41) is 0. The van der Waals surface area contributed by atoms with Crippen LogP contribution in [0.1, 0.15) is 5.56 Å². The Morgan fingerprint density at radius 2 is 1.82 bits per heavy atom. The van der Waals surface area contributed by atoms with E-state index in [4.69, 9.17) is 5.73 Å². The van der Waals surface area contributed by atoms with Gasteiger partial charge in [0.25, 0.3) is 0 Å². The first-order valence-electron chi connectivity index (χ1n) is 5.07. The van der Waals surface area contributed by atoms with Crippen LogP contribution in [0.15, 0.2) is 42.7 Å². The van der Waals surface area contributed by atoms with Crippen molar-refractivity contribution in [3.63, 3.8) is 0 Å². The van der Waals surface area contributed by atoms with Crippen molar-refractivity contribution in [2.45, 2.75) is 5.75 Å². The van der Waals surface area contributed by atoms with Crippen LogP contribution in [0.2, 0.25) is 0 Å². The summed E-state index contributed by atoms with van der Waals surface area (Å²) in [6, 6.07) is 9.14. The van der Waals surface area contributed by atoms with Crippen molar-refractivity contribution in [3.8, 4) is 11.1 Å². The Morgan fingerprint density at radius 1 is 1.12 bits per heavy atom. The van der Waals surface area contributed by atoms with Crippen LogP contribution in [-0.2, 0) is 16.5 Å². The fourth-order valence-electron chi connectivity index (χ4n) is 1.61. The van der Waals surface area contributed by atoms with Gasteiger partial charge >= 0.3 is 0 Å². The number of pyridine rings is 1. The summed E-state index contributed by atoms with van der Waals surface area (Å²) in [5.74, 6) is 0.0709. The van der Waals surface area contributed by atoms with E-state index in [9.17, 15) is 8.42 Å². The highest BCUT2D eigenvalue weighted by molar-refractivity contribution is 7.71. The highest BCUT2D eigenvalue weighted by Crippen LogP contribution is 2.24. The Kier molecular flexibility index (Phi) is 3.39. The van der Waals surface area contributed by atoms with Gasteiger partial charge in [-0.15, -0.1) is 0 Å². The molecule has 4 nitrogen and oxygen atoms in total. The van der Waals surface area contributed by atoms with Crippen LogP contribution in [-0.4, -0.2) is 13.4 Å². The van der Waals surface area contributed by atoms with Crippen molar-refractivity contribution in [3.05, 3.63) is 48.3 Å². The Hall–Kier alpha value is -1.88. The Balaban J connectivity index is 2.33. The minimum atomic E-state index is -2.38. The van der Waals surface area contributed by atoms with Crippen molar-refractivity contribution in [2.24, 2.45) is 0 Å². The third-order valence-corrected chi connectivity index (χ3v) is 3.05. The van der Waals surface area contributed by atoms with Gasteiger partial charge < -0.3 is 5.73 Å². The molecule has 1 aromatic carbocycles. The van der Waals surface area contributed by atoms with Crippen LogP contribution in [0.25, 0.3) is 11.1 Å². The number of nitrogens with two attached hydrogens (primary N) is 1. The second-order valence-corrected chi connectivity index (χ2v) is 4.63. The van der Waals surface area contributed by atoms with Gasteiger partial charge in [0.2, 0.25) is 0 Å². The number of nitrogen functional groups attached to an aromatic ring is 1. The van der Waals surface area contributed by atoms with Crippen molar-refractivity contribution >= 4 is 16.4 Å². The van der Waals surface area contributed by atoms with Crippen LogP contribution in [0, 0.1) is 0 Å². The molecule has 0 aliphatic carbocycles. The van der Waals surface area contributed by atoms with E-state index in [2.05, 4.69) is 4.98 Å². The van der Waals surface area contributed by atoms with Crippen molar-refractivity contribution in [2.75, 3.05) is 5.73 Å². The molecule has 88 valence electrons. The molecule has 0 amide bonds. The van der Waals surface area contributed by atoms with E-state index in [0.29, 0.717) is 5.69 Å². The summed E-state index contributed by atoms with van der Waals surface area (Å²) in [5.41, 5.74) is 9.05. The Bertz CT molecular complexity index is 584.